The Hall–Kier alpha value is -2.16. The molecule has 34 heavy (non-hydrogen) atoms. The van der Waals surface area contributed by atoms with Gasteiger partial charge >= 0.3 is 0 Å². The Labute approximate surface area is 230 Å². The predicted molar refractivity (Wildman–Crippen MR) is 149 cm³/mol. The monoisotopic (exact) mass is 718 g/mol. The maximum Gasteiger partial charge on any atom is 0.298 e. The fourth-order valence-corrected chi connectivity index (χ4v) is 6.33. The van der Waals surface area contributed by atoms with Gasteiger partial charge in [0.2, 0.25) is 0 Å². The van der Waals surface area contributed by atoms with Gasteiger partial charge in [0.25, 0.3) is 16.8 Å². The summed E-state index contributed by atoms with van der Waals surface area (Å²) in [4.78, 5) is 37.3. The molecule has 0 saturated carbocycles. The molecule has 3 aromatic carbocycles. The van der Waals surface area contributed by atoms with E-state index in [9.17, 15) is 19.7 Å². The Bertz CT molecular complexity index is 1340. The van der Waals surface area contributed by atoms with E-state index in [1.54, 1.807) is 42.5 Å². The van der Waals surface area contributed by atoms with Crippen LogP contribution in [0.15, 0.2) is 65.6 Å². The van der Waals surface area contributed by atoms with Crippen molar-refractivity contribution in [3.05, 3.63) is 99.0 Å². The number of nitro benzene ring substituents is 1. The smallest absolute Gasteiger partial charge is 0.298 e. The zero-order valence-electron chi connectivity index (χ0n) is 17.0. The first kappa shape index (κ1) is 24.9. The molecule has 1 heterocycles. The number of ether oxygens (including phenoxy) is 1. The molecular weight excluding hydrogens is 706 g/mol. The van der Waals surface area contributed by atoms with Gasteiger partial charge in [0.1, 0.15) is 12.4 Å². The number of nitrogens with zero attached hydrogens (tertiary/aromatic N) is 2. The average Bonchev–Trinajstić information content (AvgIpc) is 3.06. The van der Waals surface area contributed by atoms with E-state index < -0.39 is 10.8 Å². The third-order valence-corrected chi connectivity index (χ3v) is 7.39. The summed E-state index contributed by atoms with van der Waals surface area (Å²) in [5.41, 5.74) is 1.85. The summed E-state index contributed by atoms with van der Waals surface area (Å²) in [6, 6.07) is 16.6. The van der Waals surface area contributed by atoms with Gasteiger partial charge in [-0.25, -0.2) is 4.90 Å². The number of rotatable bonds is 6. The third kappa shape index (κ3) is 5.56. The summed E-state index contributed by atoms with van der Waals surface area (Å²) in [5, 5.41) is 11.0. The van der Waals surface area contributed by atoms with Crippen LogP contribution in [0.5, 0.6) is 5.75 Å². The van der Waals surface area contributed by atoms with Crippen molar-refractivity contribution in [2.24, 2.45) is 0 Å². The lowest BCUT2D eigenvalue weighted by atomic mass is 10.2. The summed E-state index contributed by atoms with van der Waals surface area (Å²) in [6.07, 6.45) is 1.67. The summed E-state index contributed by atoms with van der Waals surface area (Å²) in [6.45, 7) is 0.172. The van der Waals surface area contributed by atoms with Crippen LogP contribution >= 0.6 is 68.5 Å². The van der Waals surface area contributed by atoms with Gasteiger partial charge in [0, 0.05) is 17.2 Å². The minimum absolute atomic E-state index is 0.00700. The van der Waals surface area contributed by atoms with Crippen LogP contribution in [-0.2, 0) is 11.4 Å². The van der Waals surface area contributed by atoms with E-state index in [2.05, 4.69) is 45.2 Å². The number of halogens is 3. The molecule has 11 heteroatoms. The first-order valence-corrected chi connectivity index (χ1v) is 13.0. The van der Waals surface area contributed by atoms with E-state index in [1.165, 1.54) is 12.1 Å². The van der Waals surface area contributed by atoms with Gasteiger partial charge in [-0.05, 0) is 104 Å². The van der Waals surface area contributed by atoms with Gasteiger partial charge in [-0.2, -0.15) is 0 Å². The predicted octanol–water partition coefficient (Wildman–Crippen LogP) is 7.28. The quantitative estimate of drug-likeness (QED) is 0.115. The molecule has 0 N–H and O–H groups in total. The molecule has 3 aromatic rings. The van der Waals surface area contributed by atoms with Crippen molar-refractivity contribution in [2.45, 2.75) is 6.61 Å². The SMILES string of the molecule is O=C1S/C(=C/c2cc(I)c(OCc3cccc([N+](=O)[O-])c3)c(I)c2)C(=O)N1c1cccc(Cl)c1. The average molecular weight is 719 g/mol. The van der Waals surface area contributed by atoms with Gasteiger partial charge in [0.05, 0.1) is 22.7 Å². The second-order valence-electron chi connectivity index (χ2n) is 7.03. The normalized spacial score (nSPS) is 14.7. The third-order valence-electron chi connectivity index (χ3n) is 4.68. The van der Waals surface area contributed by atoms with E-state index in [0.717, 1.165) is 29.4 Å². The fourth-order valence-electron chi connectivity index (χ4n) is 3.17. The van der Waals surface area contributed by atoms with Crippen molar-refractivity contribution >= 4 is 97.1 Å². The van der Waals surface area contributed by atoms with E-state index in [0.29, 0.717) is 26.9 Å². The maximum atomic E-state index is 12.9. The molecule has 0 unspecified atom stereocenters. The number of imide groups is 1. The molecule has 1 aliphatic heterocycles. The highest BCUT2D eigenvalue weighted by Crippen LogP contribution is 2.37. The minimum Gasteiger partial charge on any atom is -0.487 e. The molecule has 0 atom stereocenters. The summed E-state index contributed by atoms with van der Waals surface area (Å²) in [5.74, 6) is 0.227. The summed E-state index contributed by atoms with van der Waals surface area (Å²) in [7, 11) is 0. The molecule has 4 rings (SSSR count). The van der Waals surface area contributed by atoms with Gasteiger partial charge in [-0.3, -0.25) is 19.7 Å². The number of carbonyl (C=O) groups is 2. The molecule has 1 fully saturated rings. The Morgan fingerprint density at radius 3 is 2.44 bits per heavy atom. The maximum absolute atomic E-state index is 12.9. The molecule has 2 amide bonds. The molecule has 1 aliphatic rings. The molecule has 7 nitrogen and oxygen atoms in total. The molecule has 0 radical (unpaired) electrons. The van der Waals surface area contributed by atoms with Crippen LogP contribution in [0.2, 0.25) is 5.02 Å². The molecule has 172 valence electrons. The Morgan fingerprint density at radius 2 is 1.76 bits per heavy atom. The number of benzene rings is 3. The lowest BCUT2D eigenvalue weighted by Gasteiger charge is -2.13. The lowest BCUT2D eigenvalue weighted by molar-refractivity contribution is -0.384. The standard InChI is InChI=1S/C23H13ClI2N2O5S/c24-15-4-2-5-16(11-15)27-22(29)20(34-23(27)30)10-14-8-18(25)21(19(26)9-14)33-12-13-3-1-6-17(7-13)28(31)32/h1-11H,12H2/b20-10+. The molecule has 0 spiro atoms. The molecule has 0 aromatic heterocycles. The Kier molecular flexibility index (Phi) is 7.80. The van der Waals surface area contributed by atoms with E-state index in [-0.39, 0.29) is 17.5 Å². The lowest BCUT2D eigenvalue weighted by Crippen LogP contribution is -2.27. The van der Waals surface area contributed by atoms with Gasteiger partial charge in [0.15, 0.2) is 0 Å². The Morgan fingerprint density at radius 1 is 1.06 bits per heavy atom. The Balaban J connectivity index is 1.54. The molecule has 1 saturated heterocycles. The van der Waals surface area contributed by atoms with E-state index in [4.69, 9.17) is 16.3 Å². The number of thioether (sulfide) groups is 1. The van der Waals surface area contributed by atoms with Gasteiger partial charge in [-0.15, -0.1) is 0 Å². The molecule has 0 bridgehead atoms. The molecular formula is C23H13ClI2N2O5S. The van der Waals surface area contributed by atoms with Crippen LogP contribution in [0.1, 0.15) is 11.1 Å². The van der Waals surface area contributed by atoms with Crippen molar-refractivity contribution in [1.29, 1.82) is 0 Å². The van der Waals surface area contributed by atoms with Gasteiger partial charge < -0.3 is 4.74 Å². The number of nitro groups is 1. The highest BCUT2D eigenvalue weighted by molar-refractivity contribution is 14.1. The van der Waals surface area contributed by atoms with Crippen LogP contribution < -0.4 is 9.64 Å². The zero-order chi connectivity index (χ0) is 24.4. The number of amides is 2. The number of hydrogen-bond donors (Lipinski definition) is 0. The van der Waals surface area contributed by atoms with E-state index in [1.807, 2.05) is 12.1 Å². The minimum atomic E-state index is -0.445. The highest BCUT2D eigenvalue weighted by atomic mass is 127. The number of anilines is 1. The number of non-ortho nitro benzene ring substituents is 1. The van der Waals surface area contributed by atoms with Crippen LogP contribution in [0.4, 0.5) is 16.2 Å². The highest BCUT2D eigenvalue weighted by Gasteiger charge is 2.36. The fraction of sp³-hybridized carbons (Fsp3) is 0.0435. The number of carbonyl (C=O) groups excluding carboxylic acids is 2. The van der Waals surface area contributed by atoms with Crippen LogP contribution in [-0.4, -0.2) is 16.1 Å². The van der Waals surface area contributed by atoms with Crippen molar-refractivity contribution in [1.82, 2.24) is 0 Å². The zero-order valence-corrected chi connectivity index (χ0v) is 22.9. The number of hydrogen-bond acceptors (Lipinski definition) is 6. The van der Waals surface area contributed by atoms with Crippen LogP contribution in [0, 0.1) is 17.3 Å². The topological polar surface area (TPSA) is 89.7 Å². The second-order valence-corrected chi connectivity index (χ2v) is 10.8. The van der Waals surface area contributed by atoms with Gasteiger partial charge in [-0.1, -0.05) is 29.8 Å². The van der Waals surface area contributed by atoms with Crippen molar-refractivity contribution in [3.8, 4) is 5.75 Å². The van der Waals surface area contributed by atoms with E-state index >= 15 is 0 Å². The largest absolute Gasteiger partial charge is 0.487 e. The molecule has 0 aliphatic carbocycles. The first-order chi connectivity index (χ1) is 16.2. The van der Waals surface area contributed by atoms with Crippen molar-refractivity contribution < 1.29 is 19.2 Å². The van der Waals surface area contributed by atoms with Crippen LogP contribution in [0.3, 0.4) is 0 Å². The van der Waals surface area contributed by atoms with Crippen molar-refractivity contribution in [2.75, 3.05) is 4.90 Å². The second kappa shape index (κ2) is 10.6. The van der Waals surface area contributed by atoms with Crippen LogP contribution in [0.25, 0.3) is 6.08 Å². The summed E-state index contributed by atoms with van der Waals surface area (Å²) < 4.78 is 7.53. The van der Waals surface area contributed by atoms with Crippen molar-refractivity contribution in [3.63, 3.8) is 0 Å². The summed E-state index contributed by atoms with van der Waals surface area (Å²) >= 11 is 11.1. The first-order valence-electron chi connectivity index (χ1n) is 9.61.